The van der Waals surface area contributed by atoms with Crippen molar-refractivity contribution >= 4 is 11.4 Å². The lowest BCUT2D eigenvalue weighted by atomic mass is 9.95. The van der Waals surface area contributed by atoms with E-state index in [0.717, 1.165) is 31.1 Å². The fraction of sp³-hybridized carbons (Fsp3) is 0.667. The number of hydrogen-bond donors (Lipinski definition) is 1. The lowest BCUT2D eigenvalue weighted by Crippen LogP contribution is -2.45. The number of hydrogen-bond acceptors (Lipinski definition) is 4. The molecule has 2 N–H and O–H groups in total. The first-order valence-corrected chi connectivity index (χ1v) is 8.60. The maximum absolute atomic E-state index is 6.04. The van der Waals surface area contributed by atoms with Gasteiger partial charge in [0.1, 0.15) is 5.75 Å². The predicted molar refractivity (Wildman–Crippen MR) is 92.7 cm³/mol. The molecule has 122 valence electrons. The molecule has 0 unspecified atom stereocenters. The van der Waals surface area contributed by atoms with Crippen LogP contribution in [0.25, 0.3) is 0 Å². The van der Waals surface area contributed by atoms with Crippen molar-refractivity contribution in [1.29, 1.82) is 0 Å². The SMILES string of the molecule is CCN1CCC[C@]12CCN(c1ccc(N)c(OC(C)C)c1)C2. The van der Waals surface area contributed by atoms with Gasteiger partial charge in [-0.3, -0.25) is 4.90 Å². The third-order valence-electron chi connectivity index (χ3n) is 5.18. The monoisotopic (exact) mass is 303 g/mol. The van der Waals surface area contributed by atoms with E-state index >= 15 is 0 Å². The van der Waals surface area contributed by atoms with Crippen LogP contribution in [0.1, 0.15) is 40.0 Å². The second-order valence-corrected chi connectivity index (χ2v) is 6.97. The van der Waals surface area contributed by atoms with E-state index < -0.39 is 0 Å². The Morgan fingerprint density at radius 3 is 2.82 bits per heavy atom. The van der Waals surface area contributed by atoms with E-state index in [1.165, 1.54) is 31.5 Å². The number of nitrogen functional groups attached to an aromatic ring is 1. The maximum Gasteiger partial charge on any atom is 0.144 e. The van der Waals surface area contributed by atoms with Gasteiger partial charge >= 0.3 is 0 Å². The first-order valence-electron chi connectivity index (χ1n) is 8.60. The van der Waals surface area contributed by atoms with E-state index in [1.807, 2.05) is 19.9 Å². The number of rotatable bonds is 4. The van der Waals surface area contributed by atoms with Crippen molar-refractivity contribution in [2.75, 3.05) is 36.8 Å². The summed E-state index contributed by atoms with van der Waals surface area (Å²) in [4.78, 5) is 5.18. The zero-order valence-electron chi connectivity index (χ0n) is 14.1. The van der Waals surface area contributed by atoms with Crippen LogP contribution in [0.3, 0.4) is 0 Å². The van der Waals surface area contributed by atoms with Gasteiger partial charge in [0.15, 0.2) is 0 Å². The van der Waals surface area contributed by atoms with Gasteiger partial charge in [-0.25, -0.2) is 0 Å². The average molecular weight is 303 g/mol. The number of nitrogens with zero attached hydrogens (tertiary/aromatic N) is 2. The van der Waals surface area contributed by atoms with Crippen molar-refractivity contribution in [2.24, 2.45) is 0 Å². The molecule has 1 spiro atoms. The normalized spacial score (nSPS) is 25.5. The average Bonchev–Trinajstić information content (AvgIpc) is 3.08. The molecule has 0 amide bonds. The summed E-state index contributed by atoms with van der Waals surface area (Å²) in [5.74, 6) is 0.812. The molecule has 3 rings (SSSR count). The van der Waals surface area contributed by atoms with Gasteiger partial charge in [0, 0.05) is 30.4 Å². The standard InChI is InChI=1S/C18H29N3O/c1-4-21-10-5-8-18(21)9-11-20(13-18)15-6-7-16(19)17(12-15)22-14(2)3/h6-7,12,14H,4-5,8-11,13,19H2,1-3H3/t18-/m1/s1. The van der Waals surface area contributed by atoms with Crippen LogP contribution in [0.5, 0.6) is 5.75 Å². The van der Waals surface area contributed by atoms with Crippen molar-refractivity contribution < 1.29 is 4.74 Å². The van der Waals surface area contributed by atoms with E-state index in [1.54, 1.807) is 0 Å². The molecule has 2 heterocycles. The molecule has 1 atom stereocenters. The van der Waals surface area contributed by atoms with E-state index in [0.29, 0.717) is 5.54 Å². The van der Waals surface area contributed by atoms with Crippen LogP contribution < -0.4 is 15.4 Å². The van der Waals surface area contributed by atoms with Crippen LogP contribution in [0.4, 0.5) is 11.4 Å². The Labute approximate surface area is 134 Å². The molecule has 0 aromatic heterocycles. The number of nitrogens with two attached hydrogens (primary N) is 1. The van der Waals surface area contributed by atoms with Gasteiger partial charge in [-0.2, -0.15) is 0 Å². The van der Waals surface area contributed by atoms with Crippen LogP contribution in [0, 0.1) is 0 Å². The lowest BCUT2D eigenvalue weighted by molar-refractivity contribution is 0.167. The number of anilines is 2. The summed E-state index contributed by atoms with van der Waals surface area (Å²) in [6.45, 7) is 11.0. The predicted octanol–water partition coefficient (Wildman–Crippen LogP) is 3.12. The Kier molecular flexibility index (Phi) is 4.22. The lowest BCUT2D eigenvalue weighted by Gasteiger charge is -2.34. The number of likely N-dealkylation sites (N-methyl/N-ethyl adjacent to an activating group) is 1. The minimum absolute atomic E-state index is 0.146. The van der Waals surface area contributed by atoms with Gasteiger partial charge in [-0.15, -0.1) is 0 Å². The van der Waals surface area contributed by atoms with Crippen molar-refractivity contribution in [1.82, 2.24) is 4.90 Å². The van der Waals surface area contributed by atoms with Crippen molar-refractivity contribution in [2.45, 2.75) is 51.7 Å². The molecular formula is C18H29N3O. The van der Waals surface area contributed by atoms with E-state index in [-0.39, 0.29) is 6.10 Å². The van der Waals surface area contributed by atoms with Crippen LogP contribution in [0.2, 0.25) is 0 Å². The van der Waals surface area contributed by atoms with Gasteiger partial charge in [0.05, 0.1) is 11.8 Å². The molecule has 1 aromatic carbocycles. The molecular weight excluding hydrogens is 274 g/mol. The second kappa shape index (κ2) is 5.99. The van der Waals surface area contributed by atoms with Crippen LogP contribution in [0.15, 0.2) is 18.2 Å². The largest absolute Gasteiger partial charge is 0.489 e. The third kappa shape index (κ3) is 2.76. The summed E-state index contributed by atoms with van der Waals surface area (Å²) >= 11 is 0. The minimum atomic E-state index is 0.146. The second-order valence-electron chi connectivity index (χ2n) is 6.97. The summed E-state index contributed by atoms with van der Waals surface area (Å²) in [6.07, 6.45) is 4.09. The summed E-state index contributed by atoms with van der Waals surface area (Å²) in [5, 5.41) is 0. The number of likely N-dealkylation sites (tertiary alicyclic amines) is 1. The molecule has 22 heavy (non-hydrogen) atoms. The van der Waals surface area contributed by atoms with Gasteiger partial charge in [0.2, 0.25) is 0 Å². The summed E-state index contributed by atoms with van der Waals surface area (Å²) in [5.41, 5.74) is 8.41. The molecule has 2 aliphatic rings. The Balaban J connectivity index is 1.78. The summed E-state index contributed by atoms with van der Waals surface area (Å²) < 4.78 is 5.84. The van der Waals surface area contributed by atoms with Crippen molar-refractivity contribution in [3.8, 4) is 5.75 Å². The Morgan fingerprint density at radius 1 is 1.27 bits per heavy atom. The van der Waals surface area contributed by atoms with Gasteiger partial charge < -0.3 is 15.4 Å². The smallest absolute Gasteiger partial charge is 0.144 e. The third-order valence-corrected chi connectivity index (χ3v) is 5.18. The maximum atomic E-state index is 6.04. The Hall–Kier alpha value is -1.42. The molecule has 2 saturated heterocycles. The highest BCUT2D eigenvalue weighted by Gasteiger charge is 2.45. The number of ether oxygens (including phenoxy) is 1. The number of benzene rings is 1. The molecule has 2 aliphatic heterocycles. The quantitative estimate of drug-likeness (QED) is 0.868. The van der Waals surface area contributed by atoms with Gasteiger partial charge in [0.25, 0.3) is 0 Å². The van der Waals surface area contributed by atoms with Crippen LogP contribution in [-0.4, -0.2) is 42.7 Å². The molecule has 0 aliphatic carbocycles. The highest BCUT2D eigenvalue weighted by molar-refractivity contribution is 5.63. The minimum Gasteiger partial charge on any atom is -0.489 e. The summed E-state index contributed by atoms with van der Waals surface area (Å²) in [7, 11) is 0. The topological polar surface area (TPSA) is 41.7 Å². The van der Waals surface area contributed by atoms with E-state index in [4.69, 9.17) is 10.5 Å². The molecule has 0 bridgehead atoms. The first kappa shape index (κ1) is 15.5. The highest BCUT2D eigenvalue weighted by atomic mass is 16.5. The van der Waals surface area contributed by atoms with E-state index in [2.05, 4.69) is 28.9 Å². The zero-order valence-corrected chi connectivity index (χ0v) is 14.1. The van der Waals surface area contributed by atoms with Crippen molar-refractivity contribution in [3.05, 3.63) is 18.2 Å². The Morgan fingerprint density at radius 2 is 2.09 bits per heavy atom. The Bertz CT molecular complexity index is 531. The highest BCUT2D eigenvalue weighted by Crippen LogP contribution is 2.40. The zero-order chi connectivity index (χ0) is 15.7. The summed E-state index contributed by atoms with van der Waals surface area (Å²) in [6, 6.07) is 6.22. The van der Waals surface area contributed by atoms with Gasteiger partial charge in [-0.1, -0.05) is 6.92 Å². The molecule has 0 radical (unpaired) electrons. The first-order chi connectivity index (χ1) is 10.5. The molecule has 4 heteroatoms. The molecule has 2 fully saturated rings. The fourth-order valence-electron chi connectivity index (χ4n) is 4.10. The van der Waals surface area contributed by atoms with Crippen LogP contribution in [-0.2, 0) is 0 Å². The van der Waals surface area contributed by atoms with E-state index in [9.17, 15) is 0 Å². The molecule has 1 aromatic rings. The fourth-order valence-corrected chi connectivity index (χ4v) is 4.10. The molecule has 0 saturated carbocycles. The molecule has 4 nitrogen and oxygen atoms in total. The van der Waals surface area contributed by atoms with Gasteiger partial charge in [-0.05, 0) is 58.3 Å². The van der Waals surface area contributed by atoms with Crippen molar-refractivity contribution in [3.63, 3.8) is 0 Å². The van der Waals surface area contributed by atoms with Crippen LogP contribution >= 0.6 is 0 Å².